The SMILES string of the molecule is CCCCC(CC)Cn1cc(C(C)Br)nn1. The van der Waals surface area contributed by atoms with E-state index in [9.17, 15) is 0 Å². The molecule has 0 saturated heterocycles. The molecule has 16 heavy (non-hydrogen) atoms. The molecule has 1 aromatic heterocycles. The Morgan fingerprint density at radius 1 is 1.44 bits per heavy atom. The maximum Gasteiger partial charge on any atom is 0.0960 e. The van der Waals surface area contributed by atoms with Gasteiger partial charge in [0.05, 0.1) is 10.5 Å². The lowest BCUT2D eigenvalue weighted by Crippen LogP contribution is -2.10. The predicted molar refractivity (Wildman–Crippen MR) is 70.7 cm³/mol. The van der Waals surface area contributed by atoms with Gasteiger partial charge in [0.2, 0.25) is 0 Å². The summed E-state index contributed by atoms with van der Waals surface area (Å²) < 4.78 is 1.98. The molecule has 0 aromatic carbocycles. The van der Waals surface area contributed by atoms with Crippen molar-refractivity contribution in [1.29, 1.82) is 0 Å². The number of halogens is 1. The third-order valence-corrected chi connectivity index (χ3v) is 3.42. The molecule has 0 fully saturated rings. The first-order chi connectivity index (χ1) is 7.67. The monoisotopic (exact) mass is 287 g/mol. The second kappa shape index (κ2) is 7.05. The summed E-state index contributed by atoms with van der Waals surface area (Å²) in [7, 11) is 0. The highest BCUT2D eigenvalue weighted by Crippen LogP contribution is 2.19. The number of unbranched alkanes of at least 4 members (excludes halogenated alkanes) is 1. The first-order valence-corrected chi connectivity index (χ1v) is 7.13. The Morgan fingerprint density at radius 2 is 2.19 bits per heavy atom. The Kier molecular flexibility index (Phi) is 6.03. The van der Waals surface area contributed by atoms with E-state index in [4.69, 9.17) is 0 Å². The molecule has 0 bridgehead atoms. The molecular formula is C12H22BrN3. The van der Waals surface area contributed by atoms with E-state index in [0.29, 0.717) is 0 Å². The van der Waals surface area contributed by atoms with Crippen molar-refractivity contribution in [2.75, 3.05) is 0 Å². The van der Waals surface area contributed by atoms with Crippen LogP contribution in [0.25, 0.3) is 0 Å². The molecule has 3 nitrogen and oxygen atoms in total. The zero-order valence-electron chi connectivity index (χ0n) is 10.5. The lowest BCUT2D eigenvalue weighted by molar-refractivity contribution is 0.368. The van der Waals surface area contributed by atoms with Gasteiger partial charge in [-0.15, -0.1) is 5.10 Å². The first kappa shape index (κ1) is 13.7. The third kappa shape index (κ3) is 4.24. The van der Waals surface area contributed by atoms with Gasteiger partial charge in [0.25, 0.3) is 0 Å². The Hall–Kier alpha value is -0.380. The van der Waals surface area contributed by atoms with E-state index in [1.807, 2.05) is 10.9 Å². The van der Waals surface area contributed by atoms with Crippen LogP contribution in [0, 0.1) is 5.92 Å². The summed E-state index contributed by atoms with van der Waals surface area (Å²) in [5.74, 6) is 0.736. The summed E-state index contributed by atoms with van der Waals surface area (Å²) in [5, 5.41) is 8.32. The number of alkyl halides is 1. The molecular weight excluding hydrogens is 266 g/mol. The van der Waals surface area contributed by atoms with Gasteiger partial charge >= 0.3 is 0 Å². The topological polar surface area (TPSA) is 30.7 Å². The smallest absolute Gasteiger partial charge is 0.0960 e. The van der Waals surface area contributed by atoms with Crippen molar-refractivity contribution in [3.8, 4) is 0 Å². The lowest BCUT2D eigenvalue weighted by Gasteiger charge is -2.13. The Balaban J connectivity index is 2.49. The van der Waals surface area contributed by atoms with Crippen molar-refractivity contribution < 1.29 is 0 Å². The molecule has 0 N–H and O–H groups in total. The van der Waals surface area contributed by atoms with Gasteiger partial charge in [-0.3, -0.25) is 4.68 Å². The van der Waals surface area contributed by atoms with Gasteiger partial charge in [0, 0.05) is 12.7 Å². The molecule has 1 aromatic rings. The highest BCUT2D eigenvalue weighted by molar-refractivity contribution is 9.09. The van der Waals surface area contributed by atoms with Crippen molar-refractivity contribution in [2.24, 2.45) is 5.92 Å². The van der Waals surface area contributed by atoms with Gasteiger partial charge in [0.15, 0.2) is 0 Å². The van der Waals surface area contributed by atoms with E-state index in [-0.39, 0.29) is 4.83 Å². The summed E-state index contributed by atoms with van der Waals surface area (Å²) in [6.45, 7) is 7.57. The maximum atomic E-state index is 4.17. The summed E-state index contributed by atoms with van der Waals surface area (Å²) in [5.41, 5.74) is 1.02. The number of nitrogens with zero attached hydrogens (tertiary/aromatic N) is 3. The second-order valence-corrected chi connectivity index (χ2v) is 5.77. The molecule has 1 heterocycles. The van der Waals surface area contributed by atoms with E-state index in [1.165, 1.54) is 25.7 Å². The van der Waals surface area contributed by atoms with Crippen molar-refractivity contribution >= 4 is 15.9 Å². The largest absolute Gasteiger partial charge is 0.252 e. The van der Waals surface area contributed by atoms with Crippen molar-refractivity contribution in [3.63, 3.8) is 0 Å². The Labute approximate surface area is 107 Å². The van der Waals surface area contributed by atoms with E-state index in [2.05, 4.69) is 47.0 Å². The molecule has 2 unspecified atom stereocenters. The van der Waals surface area contributed by atoms with Crippen LogP contribution in [0.5, 0.6) is 0 Å². The summed E-state index contributed by atoms with van der Waals surface area (Å²) in [4.78, 5) is 0.289. The molecule has 0 spiro atoms. The van der Waals surface area contributed by atoms with Crippen LogP contribution in [-0.4, -0.2) is 15.0 Å². The Bertz CT molecular complexity index is 296. The molecule has 92 valence electrons. The number of hydrogen-bond acceptors (Lipinski definition) is 2. The molecule has 2 atom stereocenters. The summed E-state index contributed by atoms with van der Waals surface area (Å²) >= 11 is 3.51. The van der Waals surface area contributed by atoms with Crippen molar-refractivity contribution in [2.45, 2.75) is 57.8 Å². The van der Waals surface area contributed by atoms with E-state index in [1.54, 1.807) is 0 Å². The van der Waals surface area contributed by atoms with Crippen LogP contribution in [0.3, 0.4) is 0 Å². The average molecular weight is 288 g/mol. The molecule has 0 saturated carbocycles. The predicted octanol–water partition coefficient (Wildman–Crippen LogP) is 3.95. The minimum Gasteiger partial charge on any atom is -0.252 e. The van der Waals surface area contributed by atoms with Crippen LogP contribution in [0.1, 0.15) is 57.0 Å². The average Bonchev–Trinajstić information content (AvgIpc) is 2.72. The van der Waals surface area contributed by atoms with Gasteiger partial charge in [-0.25, -0.2) is 0 Å². The van der Waals surface area contributed by atoms with Crippen molar-refractivity contribution in [3.05, 3.63) is 11.9 Å². The number of rotatable bonds is 7. The van der Waals surface area contributed by atoms with Gasteiger partial charge in [-0.1, -0.05) is 54.3 Å². The summed E-state index contributed by atoms with van der Waals surface area (Å²) in [6, 6.07) is 0. The fourth-order valence-corrected chi connectivity index (χ4v) is 1.98. The van der Waals surface area contributed by atoms with Gasteiger partial charge < -0.3 is 0 Å². The molecule has 0 aliphatic heterocycles. The van der Waals surface area contributed by atoms with Gasteiger partial charge in [-0.05, 0) is 19.3 Å². The van der Waals surface area contributed by atoms with Crippen LogP contribution in [-0.2, 0) is 6.54 Å². The van der Waals surface area contributed by atoms with Crippen LogP contribution in [0.15, 0.2) is 6.20 Å². The van der Waals surface area contributed by atoms with Crippen LogP contribution >= 0.6 is 15.9 Å². The molecule has 0 radical (unpaired) electrons. The molecule has 0 aliphatic rings. The minimum absolute atomic E-state index is 0.289. The summed E-state index contributed by atoms with van der Waals surface area (Å²) in [6.07, 6.45) is 7.16. The first-order valence-electron chi connectivity index (χ1n) is 6.21. The molecule has 0 aliphatic carbocycles. The second-order valence-electron chi connectivity index (χ2n) is 4.40. The molecule has 0 amide bonds. The lowest BCUT2D eigenvalue weighted by atomic mass is 9.99. The zero-order chi connectivity index (χ0) is 12.0. The fourth-order valence-electron chi connectivity index (χ4n) is 1.77. The van der Waals surface area contributed by atoms with Crippen LogP contribution in [0.4, 0.5) is 0 Å². The highest BCUT2D eigenvalue weighted by Gasteiger charge is 2.10. The normalized spacial score (nSPS) is 15.0. The van der Waals surface area contributed by atoms with Gasteiger partial charge in [0.1, 0.15) is 0 Å². The maximum absolute atomic E-state index is 4.17. The number of aromatic nitrogens is 3. The molecule has 1 rings (SSSR count). The minimum atomic E-state index is 0.289. The highest BCUT2D eigenvalue weighted by atomic mass is 79.9. The third-order valence-electron chi connectivity index (χ3n) is 2.95. The van der Waals surface area contributed by atoms with Crippen molar-refractivity contribution in [1.82, 2.24) is 15.0 Å². The van der Waals surface area contributed by atoms with Crippen LogP contribution in [0.2, 0.25) is 0 Å². The fraction of sp³-hybridized carbons (Fsp3) is 0.833. The quantitative estimate of drug-likeness (QED) is 0.711. The zero-order valence-corrected chi connectivity index (χ0v) is 12.1. The van der Waals surface area contributed by atoms with Crippen LogP contribution < -0.4 is 0 Å². The van der Waals surface area contributed by atoms with E-state index in [0.717, 1.165) is 18.2 Å². The van der Waals surface area contributed by atoms with Gasteiger partial charge in [-0.2, -0.15) is 0 Å². The Morgan fingerprint density at radius 3 is 2.69 bits per heavy atom. The van der Waals surface area contributed by atoms with E-state index < -0.39 is 0 Å². The standard InChI is InChI=1S/C12H22BrN3/c1-4-6-7-11(5-2)8-16-9-12(10(3)13)14-15-16/h9-11H,4-8H2,1-3H3. The molecule has 4 heteroatoms. The van der Waals surface area contributed by atoms with E-state index >= 15 is 0 Å². The number of hydrogen-bond donors (Lipinski definition) is 0.